The maximum atomic E-state index is 5.20. The quantitative estimate of drug-likeness (QED) is 0.611. The van der Waals surface area contributed by atoms with E-state index in [1.54, 1.807) is 0 Å². The Bertz CT molecular complexity index is 244. The number of fused-ring (bicyclic) bond motifs is 1. The summed E-state index contributed by atoms with van der Waals surface area (Å²) in [4.78, 5) is 0. The number of rotatable bonds is 1. The Morgan fingerprint density at radius 3 is 3.27 bits per heavy atom. The average molecular weight is 154 g/mol. The molecule has 1 aliphatic rings. The number of hydrogen-bond donors (Lipinski definition) is 1. The van der Waals surface area contributed by atoms with E-state index in [4.69, 9.17) is 4.74 Å². The topological polar surface area (TPSA) is 52.0 Å². The second-order valence-electron chi connectivity index (χ2n) is 2.39. The van der Waals surface area contributed by atoms with Gasteiger partial charge in [0.15, 0.2) is 5.82 Å². The lowest BCUT2D eigenvalue weighted by Gasteiger charge is -2.14. The highest BCUT2D eigenvalue weighted by Gasteiger charge is 2.14. The summed E-state index contributed by atoms with van der Waals surface area (Å²) in [6.45, 7) is 2.17. The van der Waals surface area contributed by atoms with E-state index in [9.17, 15) is 0 Å². The first-order valence-electron chi connectivity index (χ1n) is 3.59. The number of nitrogens with one attached hydrogen (secondary N) is 1. The molecule has 0 spiro atoms. The monoisotopic (exact) mass is 154 g/mol. The molecule has 1 aromatic rings. The number of ether oxygens (including phenoxy) is 1. The zero-order valence-electron chi connectivity index (χ0n) is 6.37. The van der Waals surface area contributed by atoms with Crippen LogP contribution in [0.2, 0.25) is 0 Å². The lowest BCUT2D eigenvalue weighted by atomic mass is 10.5. The third-order valence-corrected chi connectivity index (χ3v) is 1.74. The molecule has 0 unspecified atom stereocenters. The smallest absolute Gasteiger partial charge is 0.224 e. The van der Waals surface area contributed by atoms with Crippen molar-refractivity contribution in [1.82, 2.24) is 14.8 Å². The van der Waals surface area contributed by atoms with Gasteiger partial charge in [-0.2, -0.15) is 0 Å². The summed E-state index contributed by atoms with van der Waals surface area (Å²) in [6, 6.07) is 0. The minimum absolute atomic E-state index is 0.578. The zero-order valence-corrected chi connectivity index (χ0v) is 6.37. The molecule has 0 saturated carbocycles. The van der Waals surface area contributed by atoms with Crippen molar-refractivity contribution < 1.29 is 4.74 Å². The molecule has 0 amide bonds. The first kappa shape index (κ1) is 6.60. The van der Waals surface area contributed by atoms with Crippen molar-refractivity contribution in [2.24, 2.45) is 0 Å². The Hall–Kier alpha value is -1.10. The molecule has 1 aliphatic heterocycles. The van der Waals surface area contributed by atoms with Crippen molar-refractivity contribution in [3.63, 3.8) is 0 Å². The Morgan fingerprint density at radius 2 is 2.45 bits per heavy atom. The maximum absolute atomic E-state index is 5.20. The van der Waals surface area contributed by atoms with Crippen LogP contribution in [0.4, 0.5) is 5.95 Å². The van der Waals surface area contributed by atoms with Crippen LogP contribution >= 0.6 is 0 Å². The summed E-state index contributed by atoms with van der Waals surface area (Å²) in [6.07, 6.45) is 0. The maximum Gasteiger partial charge on any atom is 0.224 e. The van der Waals surface area contributed by atoms with Gasteiger partial charge in [0, 0.05) is 7.05 Å². The Kier molecular flexibility index (Phi) is 1.50. The highest BCUT2D eigenvalue weighted by Crippen LogP contribution is 2.11. The molecule has 2 heterocycles. The van der Waals surface area contributed by atoms with E-state index >= 15 is 0 Å². The molecule has 1 N–H and O–H groups in total. The van der Waals surface area contributed by atoms with Gasteiger partial charge in [0.05, 0.1) is 13.2 Å². The summed E-state index contributed by atoms with van der Waals surface area (Å²) < 4.78 is 7.23. The lowest BCUT2D eigenvalue weighted by Crippen LogP contribution is -2.18. The van der Waals surface area contributed by atoms with Crippen molar-refractivity contribution in [2.45, 2.75) is 13.2 Å². The molecule has 60 valence electrons. The standard InChI is InChI=1S/C6H10N4O/c1-7-6-9-8-5-4-11-3-2-10(5)6/h2-4H2,1H3,(H,7,9). The fraction of sp³-hybridized carbons (Fsp3) is 0.667. The Morgan fingerprint density at radius 1 is 1.55 bits per heavy atom. The van der Waals surface area contributed by atoms with Gasteiger partial charge >= 0.3 is 0 Å². The summed E-state index contributed by atoms with van der Waals surface area (Å²) >= 11 is 0. The minimum Gasteiger partial charge on any atom is -0.372 e. The molecular formula is C6H10N4O. The predicted molar refractivity (Wildman–Crippen MR) is 39.2 cm³/mol. The molecule has 11 heavy (non-hydrogen) atoms. The first-order chi connectivity index (χ1) is 5.42. The van der Waals surface area contributed by atoms with Crippen molar-refractivity contribution in [3.8, 4) is 0 Å². The average Bonchev–Trinajstić information content (AvgIpc) is 2.47. The van der Waals surface area contributed by atoms with Crippen LogP contribution in [0.1, 0.15) is 5.82 Å². The Balaban J connectivity index is 2.38. The second-order valence-corrected chi connectivity index (χ2v) is 2.39. The van der Waals surface area contributed by atoms with E-state index in [-0.39, 0.29) is 0 Å². The SMILES string of the molecule is CNc1nnc2n1CCOC2. The van der Waals surface area contributed by atoms with Crippen molar-refractivity contribution in [3.05, 3.63) is 5.82 Å². The highest BCUT2D eigenvalue weighted by atomic mass is 16.5. The van der Waals surface area contributed by atoms with Crippen LogP contribution in [-0.4, -0.2) is 28.4 Å². The van der Waals surface area contributed by atoms with Gasteiger partial charge in [0.2, 0.25) is 5.95 Å². The van der Waals surface area contributed by atoms with Crippen LogP contribution < -0.4 is 5.32 Å². The normalized spacial score (nSPS) is 16.1. The number of anilines is 1. The van der Waals surface area contributed by atoms with E-state index in [2.05, 4.69) is 15.5 Å². The number of hydrogen-bond acceptors (Lipinski definition) is 4. The second kappa shape index (κ2) is 2.50. The molecule has 0 radical (unpaired) electrons. The lowest BCUT2D eigenvalue weighted by molar-refractivity contribution is 0.0822. The van der Waals surface area contributed by atoms with Crippen LogP contribution in [0, 0.1) is 0 Å². The van der Waals surface area contributed by atoms with Crippen LogP contribution in [0.15, 0.2) is 0 Å². The van der Waals surface area contributed by atoms with Gasteiger partial charge in [-0.25, -0.2) is 0 Å². The summed E-state index contributed by atoms with van der Waals surface area (Å²) in [5.41, 5.74) is 0. The van der Waals surface area contributed by atoms with Crippen molar-refractivity contribution in [1.29, 1.82) is 0 Å². The van der Waals surface area contributed by atoms with Crippen LogP contribution in [-0.2, 0) is 17.9 Å². The number of nitrogens with zero attached hydrogens (tertiary/aromatic N) is 3. The first-order valence-corrected chi connectivity index (χ1v) is 3.59. The Labute approximate surface area is 64.4 Å². The van der Waals surface area contributed by atoms with Crippen LogP contribution in [0.25, 0.3) is 0 Å². The summed E-state index contributed by atoms with van der Waals surface area (Å²) in [7, 11) is 1.84. The van der Waals surface area contributed by atoms with E-state index in [0.717, 1.165) is 24.9 Å². The molecule has 0 atom stereocenters. The van der Waals surface area contributed by atoms with Gasteiger partial charge in [0.1, 0.15) is 6.61 Å². The predicted octanol–water partition coefficient (Wildman–Crippen LogP) is -0.150. The molecule has 0 aliphatic carbocycles. The highest BCUT2D eigenvalue weighted by molar-refractivity contribution is 5.24. The molecule has 2 rings (SSSR count). The molecule has 0 fully saturated rings. The molecule has 0 bridgehead atoms. The molecule has 5 heteroatoms. The third kappa shape index (κ3) is 0.970. The summed E-state index contributed by atoms with van der Waals surface area (Å²) in [5.74, 6) is 1.73. The molecule has 0 aromatic carbocycles. The third-order valence-electron chi connectivity index (χ3n) is 1.74. The van der Waals surface area contributed by atoms with E-state index in [0.29, 0.717) is 6.61 Å². The minimum atomic E-state index is 0.578. The molecule has 5 nitrogen and oxygen atoms in total. The van der Waals surface area contributed by atoms with Crippen molar-refractivity contribution in [2.75, 3.05) is 19.0 Å². The van der Waals surface area contributed by atoms with E-state index < -0.39 is 0 Å². The van der Waals surface area contributed by atoms with Crippen molar-refractivity contribution >= 4 is 5.95 Å². The van der Waals surface area contributed by atoms with Gasteiger partial charge in [-0.3, -0.25) is 4.57 Å². The van der Waals surface area contributed by atoms with Crippen LogP contribution in [0.3, 0.4) is 0 Å². The molecule has 1 aromatic heterocycles. The zero-order chi connectivity index (χ0) is 7.68. The fourth-order valence-electron chi connectivity index (χ4n) is 1.18. The molecular weight excluding hydrogens is 144 g/mol. The van der Waals surface area contributed by atoms with Gasteiger partial charge in [-0.05, 0) is 0 Å². The van der Waals surface area contributed by atoms with Gasteiger partial charge in [-0.1, -0.05) is 0 Å². The summed E-state index contributed by atoms with van der Waals surface area (Å²) in [5, 5.41) is 10.9. The van der Waals surface area contributed by atoms with Crippen LogP contribution in [0.5, 0.6) is 0 Å². The van der Waals surface area contributed by atoms with Gasteiger partial charge in [-0.15, -0.1) is 10.2 Å². The van der Waals surface area contributed by atoms with E-state index in [1.165, 1.54) is 0 Å². The van der Waals surface area contributed by atoms with E-state index in [1.807, 2.05) is 11.6 Å². The largest absolute Gasteiger partial charge is 0.372 e. The molecule has 0 saturated heterocycles. The number of aromatic nitrogens is 3. The fourth-order valence-corrected chi connectivity index (χ4v) is 1.18. The van der Waals surface area contributed by atoms with Gasteiger partial charge in [0.25, 0.3) is 0 Å². The van der Waals surface area contributed by atoms with Gasteiger partial charge < -0.3 is 10.1 Å².